The van der Waals surface area contributed by atoms with Crippen molar-refractivity contribution in [1.29, 1.82) is 0 Å². The third-order valence-electron chi connectivity index (χ3n) is 2.37. The van der Waals surface area contributed by atoms with Crippen LogP contribution in [0.4, 0.5) is 0 Å². The van der Waals surface area contributed by atoms with E-state index in [1.54, 1.807) is 0 Å². The second kappa shape index (κ2) is 5.00. The normalized spacial score (nSPS) is 22.8. The number of amides is 1. The van der Waals surface area contributed by atoms with Gasteiger partial charge in [0.15, 0.2) is 5.78 Å². The summed E-state index contributed by atoms with van der Waals surface area (Å²) < 4.78 is 0. The highest BCUT2D eigenvalue weighted by molar-refractivity contribution is 5.89. The molecular formula is C10H17NO2. The Labute approximate surface area is 78.9 Å². The van der Waals surface area contributed by atoms with Crippen molar-refractivity contribution in [2.24, 2.45) is 0 Å². The van der Waals surface area contributed by atoms with E-state index < -0.39 is 0 Å². The molecule has 0 saturated heterocycles. The monoisotopic (exact) mass is 183 g/mol. The van der Waals surface area contributed by atoms with Crippen molar-refractivity contribution in [3.05, 3.63) is 0 Å². The molecule has 0 aliphatic heterocycles. The Morgan fingerprint density at radius 3 is 2.92 bits per heavy atom. The molecule has 13 heavy (non-hydrogen) atoms. The van der Waals surface area contributed by atoms with Crippen LogP contribution in [0.5, 0.6) is 0 Å². The van der Waals surface area contributed by atoms with Crippen molar-refractivity contribution in [2.75, 3.05) is 0 Å². The minimum Gasteiger partial charge on any atom is -0.346 e. The van der Waals surface area contributed by atoms with E-state index in [1.165, 1.54) is 0 Å². The van der Waals surface area contributed by atoms with E-state index in [0.717, 1.165) is 25.7 Å². The second-order valence-corrected chi connectivity index (χ2v) is 3.58. The minimum absolute atomic E-state index is 0.0164. The van der Waals surface area contributed by atoms with E-state index in [9.17, 15) is 9.59 Å². The predicted octanol–water partition coefficient (Wildman–Crippen LogP) is 1.41. The molecule has 0 aromatic carbocycles. The van der Waals surface area contributed by atoms with Crippen LogP contribution >= 0.6 is 0 Å². The molecule has 0 aromatic rings. The SMILES string of the molecule is CCCC(=O)N[C@H]1CCCCC1=O. The number of Topliss-reactive ketones (excluding diaryl/α,β-unsaturated/α-hetero) is 1. The molecule has 1 amide bonds. The van der Waals surface area contributed by atoms with Crippen LogP contribution in [-0.4, -0.2) is 17.7 Å². The molecule has 1 atom stereocenters. The first-order chi connectivity index (χ1) is 6.24. The standard InChI is InChI=1S/C10H17NO2/c1-2-5-10(13)11-8-6-3-4-7-9(8)12/h8H,2-7H2,1H3,(H,11,13)/t8-/m0/s1. The topological polar surface area (TPSA) is 46.2 Å². The van der Waals surface area contributed by atoms with Crippen molar-refractivity contribution in [3.8, 4) is 0 Å². The summed E-state index contributed by atoms with van der Waals surface area (Å²) >= 11 is 0. The van der Waals surface area contributed by atoms with E-state index in [1.807, 2.05) is 6.92 Å². The molecule has 1 N–H and O–H groups in total. The lowest BCUT2D eigenvalue weighted by molar-refractivity contribution is -0.128. The van der Waals surface area contributed by atoms with Crippen molar-refractivity contribution in [3.63, 3.8) is 0 Å². The number of hydrogen-bond donors (Lipinski definition) is 1. The highest BCUT2D eigenvalue weighted by Gasteiger charge is 2.22. The highest BCUT2D eigenvalue weighted by atomic mass is 16.2. The molecule has 74 valence electrons. The highest BCUT2D eigenvalue weighted by Crippen LogP contribution is 2.14. The Morgan fingerprint density at radius 2 is 2.31 bits per heavy atom. The van der Waals surface area contributed by atoms with Gasteiger partial charge >= 0.3 is 0 Å². The average molecular weight is 183 g/mol. The number of ketones is 1. The summed E-state index contributed by atoms with van der Waals surface area (Å²) in [5.41, 5.74) is 0. The van der Waals surface area contributed by atoms with E-state index in [-0.39, 0.29) is 17.7 Å². The Hall–Kier alpha value is -0.860. The zero-order valence-corrected chi connectivity index (χ0v) is 8.14. The molecule has 1 saturated carbocycles. The maximum atomic E-state index is 11.3. The van der Waals surface area contributed by atoms with Crippen molar-refractivity contribution in [2.45, 2.75) is 51.5 Å². The van der Waals surface area contributed by atoms with Gasteiger partial charge < -0.3 is 5.32 Å². The van der Waals surface area contributed by atoms with Crippen LogP contribution in [-0.2, 0) is 9.59 Å². The smallest absolute Gasteiger partial charge is 0.220 e. The van der Waals surface area contributed by atoms with Gasteiger partial charge in [-0.05, 0) is 19.3 Å². The van der Waals surface area contributed by atoms with Crippen LogP contribution in [0.3, 0.4) is 0 Å². The van der Waals surface area contributed by atoms with Crippen LogP contribution in [0.25, 0.3) is 0 Å². The summed E-state index contributed by atoms with van der Waals surface area (Å²) in [6.45, 7) is 1.96. The summed E-state index contributed by atoms with van der Waals surface area (Å²) in [6.07, 6.45) is 4.88. The first-order valence-corrected chi connectivity index (χ1v) is 5.06. The fourth-order valence-electron chi connectivity index (χ4n) is 1.63. The number of carbonyl (C=O) groups excluding carboxylic acids is 2. The van der Waals surface area contributed by atoms with Gasteiger partial charge in [0.05, 0.1) is 6.04 Å². The quantitative estimate of drug-likeness (QED) is 0.719. The van der Waals surface area contributed by atoms with E-state index in [4.69, 9.17) is 0 Å². The molecule has 1 rings (SSSR count). The van der Waals surface area contributed by atoms with Gasteiger partial charge in [-0.3, -0.25) is 9.59 Å². The van der Waals surface area contributed by atoms with Crippen LogP contribution < -0.4 is 5.32 Å². The summed E-state index contributed by atoms with van der Waals surface area (Å²) in [7, 11) is 0. The van der Waals surface area contributed by atoms with Gasteiger partial charge in [-0.25, -0.2) is 0 Å². The minimum atomic E-state index is -0.187. The third kappa shape index (κ3) is 3.17. The van der Waals surface area contributed by atoms with Gasteiger partial charge in [0, 0.05) is 12.8 Å². The van der Waals surface area contributed by atoms with Crippen molar-refractivity contribution in [1.82, 2.24) is 5.32 Å². The molecule has 0 bridgehead atoms. The molecule has 0 aromatic heterocycles. The lowest BCUT2D eigenvalue weighted by atomic mass is 9.94. The fraction of sp³-hybridized carbons (Fsp3) is 0.800. The van der Waals surface area contributed by atoms with Crippen LogP contribution in [0, 0.1) is 0 Å². The lowest BCUT2D eigenvalue weighted by Crippen LogP contribution is -2.42. The zero-order chi connectivity index (χ0) is 9.68. The maximum Gasteiger partial charge on any atom is 0.220 e. The lowest BCUT2D eigenvalue weighted by Gasteiger charge is -2.21. The fourth-order valence-corrected chi connectivity index (χ4v) is 1.63. The van der Waals surface area contributed by atoms with Crippen molar-refractivity contribution < 1.29 is 9.59 Å². The molecule has 0 unspecified atom stereocenters. The molecule has 0 heterocycles. The van der Waals surface area contributed by atoms with Crippen LogP contribution in [0.1, 0.15) is 45.4 Å². The average Bonchev–Trinajstić information content (AvgIpc) is 2.09. The summed E-state index contributed by atoms with van der Waals surface area (Å²) in [4.78, 5) is 22.5. The zero-order valence-electron chi connectivity index (χ0n) is 8.14. The largest absolute Gasteiger partial charge is 0.346 e. The van der Waals surface area contributed by atoms with Gasteiger partial charge in [0.25, 0.3) is 0 Å². The molecule has 3 nitrogen and oxygen atoms in total. The van der Waals surface area contributed by atoms with Gasteiger partial charge in [-0.15, -0.1) is 0 Å². The van der Waals surface area contributed by atoms with Crippen molar-refractivity contribution >= 4 is 11.7 Å². The third-order valence-corrected chi connectivity index (χ3v) is 2.37. The first-order valence-electron chi connectivity index (χ1n) is 5.06. The summed E-state index contributed by atoms with van der Waals surface area (Å²) in [5.74, 6) is 0.221. The predicted molar refractivity (Wildman–Crippen MR) is 50.3 cm³/mol. The Morgan fingerprint density at radius 1 is 1.54 bits per heavy atom. The van der Waals surface area contributed by atoms with E-state index in [2.05, 4.69) is 5.32 Å². The maximum absolute atomic E-state index is 11.3. The molecule has 0 spiro atoms. The van der Waals surface area contributed by atoms with Gasteiger partial charge in [0.2, 0.25) is 5.91 Å². The molecule has 1 aliphatic rings. The van der Waals surface area contributed by atoms with Gasteiger partial charge in [-0.2, -0.15) is 0 Å². The number of rotatable bonds is 3. The number of carbonyl (C=O) groups is 2. The summed E-state index contributed by atoms with van der Waals surface area (Å²) in [6, 6.07) is -0.187. The Kier molecular flexibility index (Phi) is 3.93. The van der Waals surface area contributed by atoms with Gasteiger partial charge in [0.1, 0.15) is 0 Å². The molecule has 0 radical (unpaired) electrons. The number of nitrogens with one attached hydrogen (secondary N) is 1. The molecule has 1 fully saturated rings. The second-order valence-electron chi connectivity index (χ2n) is 3.58. The first kappa shape index (κ1) is 10.2. The van der Waals surface area contributed by atoms with E-state index in [0.29, 0.717) is 12.8 Å². The molecule has 3 heteroatoms. The van der Waals surface area contributed by atoms with Crippen LogP contribution in [0.2, 0.25) is 0 Å². The van der Waals surface area contributed by atoms with Gasteiger partial charge in [-0.1, -0.05) is 13.3 Å². The van der Waals surface area contributed by atoms with E-state index >= 15 is 0 Å². The van der Waals surface area contributed by atoms with Crippen LogP contribution in [0.15, 0.2) is 0 Å². The molecular weight excluding hydrogens is 166 g/mol. The number of hydrogen-bond acceptors (Lipinski definition) is 2. The Bertz CT molecular complexity index is 201. The summed E-state index contributed by atoms with van der Waals surface area (Å²) in [5, 5.41) is 2.78. The Balaban J connectivity index is 2.33. The molecule has 1 aliphatic carbocycles.